The van der Waals surface area contributed by atoms with E-state index < -0.39 is 30.0 Å². The molecular formula is C43H51F2N11O7. The first-order chi connectivity index (χ1) is 30.4. The summed E-state index contributed by atoms with van der Waals surface area (Å²) >= 11 is 0. The van der Waals surface area contributed by atoms with E-state index in [4.69, 9.17) is 9.15 Å². The summed E-state index contributed by atoms with van der Waals surface area (Å²) in [6.07, 6.45) is 6.33. The van der Waals surface area contributed by atoms with Crippen LogP contribution in [0.5, 0.6) is 0 Å². The number of anilines is 2. The molecule has 5 aromatic rings. The van der Waals surface area contributed by atoms with E-state index in [-0.39, 0.29) is 59.6 Å². The number of rotatable bonds is 18. The second-order valence-corrected chi connectivity index (χ2v) is 16.5. The first-order valence-electron chi connectivity index (χ1n) is 21.3. The number of hydrogen-bond donors (Lipinski definition) is 4. The second-order valence-electron chi connectivity index (χ2n) is 16.5. The molecule has 18 nitrogen and oxygen atoms in total. The summed E-state index contributed by atoms with van der Waals surface area (Å²) in [5.41, 5.74) is 1.81. The number of imide groups is 1. The lowest BCUT2D eigenvalue weighted by atomic mass is 9.85. The number of benzene rings is 1. The second kappa shape index (κ2) is 19.0. The summed E-state index contributed by atoms with van der Waals surface area (Å²) in [6.45, 7) is 3.06. The van der Waals surface area contributed by atoms with E-state index in [1.165, 1.54) is 39.1 Å². The van der Waals surface area contributed by atoms with Gasteiger partial charge in [0.25, 0.3) is 12.3 Å². The average molecular weight is 872 g/mol. The number of pyridine rings is 1. The zero-order chi connectivity index (χ0) is 44.2. The van der Waals surface area contributed by atoms with E-state index in [1.54, 1.807) is 37.3 Å². The molecule has 334 valence electrons. The third-order valence-corrected chi connectivity index (χ3v) is 12.0. The number of likely N-dealkylation sites (N-methyl/N-ethyl adjacent to an activating group) is 1. The van der Waals surface area contributed by atoms with Crippen LogP contribution in [0.3, 0.4) is 0 Å². The van der Waals surface area contributed by atoms with Crippen LogP contribution in [0.2, 0.25) is 0 Å². The first-order valence-corrected chi connectivity index (χ1v) is 21.3. The maximum absolute atomic E-state index is 14.1. The van der Waals surface area contributed by atoms with Gasteiger partial charge in [-0.05, 0) is 80.7 Å². The molecule has 1 atom stereocenters. The molecule has 3 aliphatic rings. The number of carbonyl (C=O) groups is 4. The normalized spacial score (nSPS) is 19.1. The molecule has 2 aliphatic carbocycles. The minimum absolute atomic E-state index is 0.00224. The van der Waals surface area contributed by atoms with E-state index in [2.05, 4.69) is 36.3 Å². The minimum Gasteiger partial charge on any atom is -0.444 e. The topological polar surface area (TPSA) is 213 Å². The Kier molecular flexibility index (Phi) is 13.1. The van der Waals surface area contributed by atoms with Gasteiger partial charge in [0.05, 0.1) is 36.0 Å². The zero-order valence-electron chi connectivity index (χ0n) is 35.1. The highest BCUT2D eigenvalue weighted by atomic mass is 19.3. The first kappa shape index (κ1) is 43.4. The largest absolute Gasteiger partial charge is 0.444 e. The summed E-state index contributed by atoms with van der Waals surface area (Å²) in [4.78, 5) is 73.8. The average Bonchev–Trinajstić information content (AvgIpc) is 3.69. The summed E-state index contributed by atoms with van der Waals surface area (Å²) in [6, 6.07) is 8.13. The van der Waals surface area contributed by atoms with Gasteiger partial charge >= 0.3 is 5.69 Å². The third-order valence-electron chi connectivity index (χ3n) is 12.0. The number of aryl methyl sites for hydroxylation is 1. The molecule has 1 saturated heterocycles. The molecule has 63 heavy (non-hydrogen) atoms. The monoisotopic (exact) mass is 871 g/mol. The molecule has 1 aromatic carbocycles. The van der Waals surface area contributed by atoms with Crippen LogP contribution < -0.4 is 27.0 Å². The van der Waals surface area contributed by atoms with Crippen LogP contribution in [0, 0.1) is 11.8 Å². The molecule has 4 N–H and O–H groups in total. The number of carbonyl (C=O) groups excluding carboxylic acids is 4. The lowest BCUT2D eigenvalue weighted by molar-refractivity contribution is -0.137. The fourth-order valence-electron chi connectivity index (χ4n) is 8.22. The van der Waals surface area contributed by atoms with E-state index in [0.717, 1.165) is 12.1 Å². The number of imidazole rings is 1. The Labute approximate surface area is 360 Å². The number of fused-ring (bicyclic) bond motifs is 1. The number of hydrogen-bond acceptors (Lipinski definition) is 12. The van der Waals surface area contributed by atoms with Gasteiger partial charge in [0.15, 0.2) is 11.4 Å². The van der Waals surface area contributed by atoms with E-state index in [9.17, 15) is 32.8 Å². The molecule has 4 aromatic heterocycles. The van der Waals surface area contributed by atoms with Crippen LogP contribution in [0.1, 0.15) is 91.6 Å². The van der Waals surface area contributed by atoms with Crippen LogP contribution in [-0.4, -0.2) is 97.3 Å². The Balaban J connectivity index is 0.755. The maximum atomic E-state index is 14.1. The van der Waals surface area contributed by atoms with Crippen molar-refractivity contribution in [2.45, 2.75) is 76.4 Å². The molecule has 0 radical (unpaired) electrons. The fourth-order valence-corrected chi connectivity index (χ4v) is 8.22. The molecule has 4 amide bonds. The molecule has 8 rings (SSSR count). The molecule has 3 fully saturated rings. The Morgan fingerprint density at radius 2 is 1.84 bits per heavy atom. The minimum atomic E-state index is -2.93. The summed E-state index contributed by atoms with van der Waals surface area (Å²) < 4.78 is 44.0. The van der Waals surface area contributed by atoms with Crippen molar-refractivity contribution in [3.8, 4) is 11.5 Å². The Morgan fingerprint density at radius 3 is 2.60 bits per heavy atom. The van der Waals surface area contributed by atoms with Gasteiger partial charge in [-0.15, -0.1) is 0 Å². The van der Waals surface area contributed by atoms with E-state index in [1.807, 2.05) is 18.2 Å². The van der Waals surface area contributed by atoms with E-state index >= 15 is 0 Å². The number of nitrogens with one attached hydrogen (secondary N) is 4. The van der Waals surface area contributed by atoms with Gasteiger partial charge in [0.2, 0.25) is 23.6 Å². The van der Waals surface area contributed by atoms with Crippen LogP contribution in [0.4, 0.5) is 20.3 Å². The number of halogens is 2. The quantitative estimate of drug-likeness (QED) is 0.0705. The number of nitrogens with zero attached hydrogens (tertiary/aromatic N) is 7. The summed E-state index contributed by atoms with van der Waals surface area (Å²) in [5.74, 6) is -0.230. The number of oxazole rings is 1. The van der Waals surface area contributed by atoms with Gasteiger partial charge in [0, 0.05) is 70.6 Å². The van der Waals surface area contributed by atoms with E-state index in [0.29, 0.717) is 86.9 Å². The Bertz CT molecular complexity index is 2540. The smallest absolute Gasteiger partial charge is 0.329 e. The SMILES string of the molecule is CN(CCOCCNCc1ccc2c(c1)n(C)c(=O)n2C1CCC(=O)NC1=O)C(=O)C1CCC(n2cc(NC(=O)c3coc(-c4ccnc(NCC5CC5)c4)n3)c(C(F)F)n2)CC1. The highest BCUT2D eigenvalue weighted by Crippen LogP contribution is 2.36. The number of aromatic nitrogens is 6. The highest BCUT2D eigenvalue weighted by molar-refractivity contribution is 6.03. The van der Waals surface area contributed by atoms with Crippen molar-refractivity contribution in [1.82, 2.24) is 44.4 Å². The summed E-state index contributed by atoms with van der Waals surface area (Å²) in [5, 5.41) is 15.6. The lowest BCUT2D eigenvalue weighted by Gasteiger charge is -2.30. The van der Waals surface area contributed by atoms with Crippen molar-refractivity contribution >= 4 is 46.2 Å². The van der Waals surface area contributed by atoms with Gasteiger partial charge in [0.1, 0.15) is 18.1 Å². The van der Waals surface area contributed by atoms with Gasteiger partial charge in [-0.2, -0.15) is 5.10 Å². The molecule has 0 bridgehead atoms. The van der Waals surface area contributed by atoms with Gasteiger partial charge < -0.3 is 30.0 Å². The summed E-state index contributed by atoms with van der Waals surface area (Å²) in [7, 11) is 3.40. The van der Waals surface area contributed by atoms with Crippen LogP contribution >= 0.6 is 0 Å². The predicted molar refractivity (Wildman–Crippen MR) is 226 cm³/mol. The van der Waals surface area contributed by atoms with Crippen LogP contribution in [0.25, 0.3) is 22.5 Å². The van der Waals surface area contributed by atoms with Crippen LogP contribution in [0.15, 0.2) is 58.2 Å². The maximum Gasteiger partial charge on any atom is 0.329 e. The third kappa shape index (κ3) is 10.0. The number of alkyl halides is 2. The van der Waals surface area contributed by atoms with Gasteiger partial charge in [-0.3, -0.25) is 38.3 Å². The molecule has 1 unspecified atom stereocenters. The molecule has 2 saturated carbocycles. The number of amides is 4. The van der Waals surface area contributed by atoms with Crippen molar-refractivity contribution < 1.29 is 37.1 Å². The van der Waals surface area contributed by atoms with Crippen molar-refractivity contribution in [2.75, 3.05) is 50.5 Å². The Hall–Kier alpha value is -6.28. The molecule has 5 heterocycles. The zero-order valence-corrected chi connectivity index (χ0v) is 35.1. The van der Waals surface area contributed by atoms with Crippen LogP contribution in [-0.2, 0) is 32.7 Å². The molecule has 1 aliphatic heterocycles. The standard InChI is InChI=1S/C43H51F2N11O7/c1-53(16-18-62-17-15-46-21-26-5-10-32-34(19-26)54(2)43(61)56(32)33-11-12-36(57)51-40(33)59)42(60)27-6-8-29(9-7-27)55-23-30(37(52-55)38(44)45)49-39(58)31-24-63-41(50-31)28-13-14-47-35(20-28)48-22-25-3-4-25/h5,10,13-14,19-20,23-25,27,29,33,38,46H,3-4,6-9,11-12,15-18,21-22H2,1-2H3,(H,47,48)(H,49,58)(H,51,57,59). The fraction of sp³-hybridized carbons (Fsp3) is 0.488. The van der Waals surface area contributed by atoms with Crippen molar-refractivity contribution in [2.24, 2.45) is 18.9 Å². The highest BCUT2D eigenvalue weighted by Gasteiger charge is 2.33. The van der Waals surface area contributed by atoms with Crippen molar-refractivity contribution in [3.05, 3.63) is 76.4 Å². The molecule has 20 heteroatoms. The van der Waals surface area contributed by atoms with Crippen molar-refractivity contribution in [3.63, 3.8) is 0 Å². The predicted octanol–water partition coefficient (Wildman–Crippen LogP) is 4.57. The Morgan fingerprint density at radius 1 is 1.03 bits per heavy atom. The van der Waals surface area contributed by atoms with Gasteiger partial charge in [-0.1, -0.05) is 6.07 Å². The molecule has 0 spiro atoms. The lowest BCUT2D eigenvalue weighted by Crippen LogP contribution is -2.44. The number of piperidine rings is 1. The molecular weight excluding hydrogens is 821 g/mol. The van der Waals surface area contributed by atoms with Crippen molar-refractivity contribution in [1.29, 1.82) is 0 Å². The van der Waals surface area contributed by atoms with Gasteiger partial charge in [-0.25, -0.2) is 23.5 Å². The number of ether oxygens (including phenoxy) is 1.